The maximum atomic E-state index is 12.8. The van der Waals surface area contributed by atoms with Crippen molar-refractivity contribution in [2.45, 2.75) is 43.8 Å². The van der Waals surface area contributed by atoms with E-state index >= 15 is 0 Å². The lowest BCUT2D eigenvalue weighted by molar-refractivity contribution is -0.140. The Balaban J connectivity index is 1.36. The van der Waals surface area contributed by atoms with Gasteiger partial charge in [0.2, 0.25) is 0 Å². The number of nitrogens with one attached hydrogen (secondary N) is 1. The predicted octanol–water partition coefficient (Wildman–Crippen LogP) is 4.10. The summed E-state index contributed by atoms with van der Waals surface area (Å²) in [5.74, 6) is 6.57. The van der Waals surface area contributed by atoms with E-state index in [0.717, 1.165) is 16.7 Å². The van der Waals surface area contributed by atoms with E-state index in [1.165, 1.54) is 17.9 Å². The Morgan fingerprint density at radius 3 is 2.33 bits per heavy atom. The van der Waals surface area contributed by atoms with E-state index in [1.54, 1.807) is 14.2 Å². The average Bonchev–Trinajstić information content (AvgIpc) is 3.69. The molecule has 3 atom stereocenters. The van der Waals surface area contributed by atoms with Crippen molar-refractivity contribution in [2.24, 2.45) is 0 Å². The van der Waals surface area contributed by atoms with Crippen molar-refractivity contribution in [1.82, 2.24) is 19.7 Å². The van der Waals surface area contributed by atoms with Crippen LogP contribution in [0.2, 0.25) is 0 Å². The fraction of sp³-hybridized carbons (Fsp3) is 0.297. The van der Waals surface area contributed by atoms with Gasteiger partial charge in [-0.25, -0.2) is 9.67 Å². The van der Waals surface area contributed by atoms with E-state index in [0.29, 0.717) is 11.5 Å². The molecule has 1 aliphatic rings. The number of carbonyl (C=O) groups excluding carboxylic acids is 1. The van der Waals surface area contributed by atoms with Crippen LogP contribution in [0, 0.1) is 11.8 Å². The largest absolute Gasteiger partial charge is 0.496 e. The highest BCUT2D eigenvalue weighted by atomic mass is 16.6. The summed E-state index contributed by atoms with van der Waals surface area (Å²) in [5.41, 5.74) is 1.07. The molecule has 3 aromatic carbocycles. The van der Waals surface area contributed by atoms with Gasteiger partial charge in [0.1, 0.15) is 29.6 Å². The molecule has 1 fully saturated rings. The molecule has 0 saturated carbocycles. The lowest BCUT2D eigenvalue weighted by atomic mass is 9.79. The van der Waals surface area contributed by atoms with E-state index in [1.807, 2.05) is 78.9 Å². The van der Waals surface area contributed by atoms with Gasteiger partial charge >= 0.3 is 5.97 Å². The molecule has 6 rings (SSSR count). The molecule has 12 nitrogen and oxygen atoms in total. The van der Waals surface area contributed by atoms with E-state index in [4.69, 9.17) is 23.7 Å². The lowest BCUT2D eigenvalue weighted by Crippen LogP contribution is -2.38. The number of hydrogen-bond acceptors (Lipinski definition) is 10. The van der Waals surface area contributed by atoms with Gasteiger partial charge < -0.3 is 33.8 Å². The molecule has 1 aliphatic heterocycles. The second-order valence-corrected chi connectivity index (χ2v) is 11.3. The zero-order chi connectivity index (χ0) is 34.4. The van der Waals surface area contributed by atoms with Gasteiger partial charge in [-0.05, 0) is 23.6 Å². The van der Waals surface area contributed by atoms with Gasteiger partial charge in [0, 0.05) is 30.9 Å². The summed E-state index contributed by atoms with van der Waals surface area (Å²) < 4.78 is 31.5. The lowest BCUT2D eigenvalue weighted by Gasteiger charge is -2.38. The van der Waals surface area contributed by atoms with Crippen LogP contribution >= 0.6 is 0 Å². The van der Waals surface area contributed by atoms with Crippen molar-refractivity contribution >= 4 is 17.0 Å². The number of H-pyrrole nitrogens is 1. The molecule has 0 bridgehead atoms. The van der Waals surface area contributed by atoms with Gasteiger partial charge in [0.05, 0.1) is 33.3 Å². The highest BCUT2D eigenvalue weighted by molar-refractivity contribution is 5.80. The van der Waals surface area contributed by atoms with Crippen molar-refractivity contribution in [1.29, 1.82) is 0 Å². The fourth-order valence-corrected chi connectivity index (χ4v) is 6.12. The number of ether oxygens (including phenoxy) is 5. The van der Waals surface area contributed by atoms with Gasteiger partial charge in [-0.2, -0.15) is 5.10 Å². The first-order valence-corrected chi connectivity index (χ1v) is 15.8. The van der Waals surface area contributed by atoms with Gasteiger partial charge in [0.25, 0.3) is 5.56 Å². The number of para-hydroxylation sites is 2. The van der Waals surface area contributed by atoms with Crippen LogP contribution in [0.1, 0.15) is 48.4 Å². The minimum atomic E-state index is -1.25. The smallest absolute Gasteiger partial charge is 0.302 e. The van der Waals surface area contributed by atoms with Crippen LogP contribution in [-0.4, -0.2) is 70.5 Å². The number of rotatable bonds is 11. The number of benzene rings is 3. The van der Waals surface area contributed by atoms with Crippen LogP contribution < -0.4 is 15.0 Å². The monoisotopic (exact) mass is 664 g/mol. The minimum Gasteiger partial charge on any atom is -0.496 e. The Morgan fingerprint density at radius 2 is 1.67 bits per heavy atom. The third-order valence-corrected chi connectivity index (χ3v) is 8.33. The van der Waals surface area contributed by atoms with Crippen LogP contribution in [0.5, 0.6) is 11.5 Å². The summed E-state index contributed by atoms with van der Waals surface area (Å²) in [6.45, 7) is 1.39. The summed E-state index contributed by atoms with van der Waals surface area (Å²) in [5, 5.41) is 16.1. The number of esters is 1. The third-order valence-electron chi connectivity index (χ3n) is 8.33. The highest BCUT2D eigenvalue weighted by Crippen LogP contribution is 2.48. The molecule has 2 aromatic heterocycles. The molecule has 252 valence electrons. The fourth-order valence-electron chi connectivity index (χ4n) is 6.12. The van der Waals surface area contributed by atoms with Gasteiger partial charge in [-0.1, -0.05) is 72.7 Å². The summed E-state index contributed by atoms with van der Waals surface area (Å²) in [6.07, 6.45) is -0.834. The van der Waals surface area contributed by atoms with Crippen molar-refractivity contribution in [3.05, 3.63) is 118 Å². The van der Waals surface area contributed by atoms with Crippen molar-refractivity contribution < 1.29 is 33.6 Å². The van der Waals surface area contributed by atoms with Crippen molar-refractivity contribution in [3.8, 4) is 23.3 Å². The standard InChI is InChI=1S/C37H36N4O8/c1-24(42)47-20-12-11-17-28-34-35(38-23-39-36(34)44)41(40-28)33-21-29(43)32(49-33)22-48-37(25-13-5-4-6-14-25,26-15-7-9-18-30(26)45-2)27-16-8-10-19-31(27)46-3/h4-10,13-16,18-19,23,29,32-33,43H,12,20-22H2,1-3H3,(H,38,39,44)/t29-,32+,33+/m0/s1. The van der Waals surface area contributed by atoms with Crippen LogP contribution in [-0.2, 0) is 24.6 Å². The topological polar surface area (TPSA) is 147 Å². The highest BCUT2D eigenvalue weighted by Gasteiger charge is 2.45. The Hall–Kier alpha value is -5.48. The number of hydrogen-bond donors (Lipinski definition) is 2. The summed E-state index contributed by atoms with van der Waals surface area (Å²) in [6, 6.07) is 25.0. The quantitative estimate of drug-likeness (QED) is 0.0916. The minimum absolute atomic E-state index is 0.0430. The average molecular weight is 665 g/mol. The maximum Gasteiger partial charge on any atom is 0.302 e. The van der Waals surface area contributed by atoms with E-state index in [9.17, 15) is 14.7 Å². The Bertz CT molecular complexity index is 2000. The van der Waals surface area contributed by atoms with Crippen LogP contribution in [0.3, 0.4) is 0 Å². The molecule has 2 N–H and O–H groups in total. The molecular weight excluding hydrogens is 628 g/mol. The number of aliphatic hydroxyl groups is 1. The molecule has 1 saturated heterocycles. The normalized spacial score (nSPS) is 17.3. The van der Waals surface area contributed by atoms with Gasteiger partial charge in [-0.3, -0.25) is 9.59 Å². The van der Waals surface area contributed by atoms with Crippen molar-refractivity contribution in [2.75, 3.05) is 27.4 Å². The number of methoxy groups -OCH3 is 2. The van der Waals surface area contributed by atoms with E-state index in [2.05, 4.69) is 26.9 Å². The summed E-state index contributed by atoms with van der Waals surface area (Å²) in [7, 11) is 3.22. The first kappa shape index (κ1) is 33.4. The van der Waals surface area contributed by atoms with Crippen LogP contribution in [0.4, 0.5) is 0 Å². The molecule has 5 aromatic rings. The van der Waals surface area contributed by atoms with Crippen molar-refractivity contribution in [3.63, 3.8) is 0 Å². The number of nitrogens with zero attached hydrogens (tertiary/aromatic N) is 3. The summed E-state index contributed by atoms with van der Waals surface area (Å²) >= 11 is 0. The maximum absolute atomic E-state index is 12.8. The molecule has 0 radical (unpaired) electrons. The molecular formula is C37H36N4O8. The molecule has 0 spiro atoms. The Kier molecular flexibility index (Phi) is 10.1. The summed E-state index contributed by atoms with van der Waals surface area (Å²) in [4.78, 5) is 30.8. The number of carbonyl (C=O) groups is 1. The molecule has 0 amide bonds. The number of aromatic nitrogens is 4. The van der Waals surface area contributed by atoms with Crippen LogP contribution in [0.25, 0.3) is 11.0 Å². The molecule has 49 heavy (non-hydrogen) atoms. The zero-order valence-corrected chi connectivity index (χ0v) is 27.3. The predicted molar refractivity (Wildman–Crippen MR) is 179 cm³/mol. The first-order chi connectivity index (χ1) is 23.9. The molecule has 0 unspecified atom stereocenters. The first-order valence-electron chi connectivity index (χ1n) is 15.8. The Labute approximate surface area is 282 Å². The zero-order valence-electron chi connectivity index (χ0n) is 27.3. The molecule has 12 heteroatoms. The third kappa shape index (κ3) is 6.64. The number of aliphatic hydroxyl groups excluding tert-OH is 1. The van der Waals surface area contributed by atoms with E-state index < -0.39 is 35.6 Å². The Morgan fingerprint density at radius 1 is 1.02 bits per heavy atom. The van der Waals surface area contributed by atoms with Gasteiger partial charge in [0.15, 0.2) is 23.2 Å². The van der Waals surface area contributed by atoms with E-state index in [-0.39, 0.29) is 42.8 Å². The second-order valence-electron chi connectivity index (χ2n) is 11.3. The molecule has 0 aliphatic carbocycles. The number of aromatic amines is 1. The SMILES string of the molecule is COc1ccccc1C(OC[C@H]1O[C@@H](n2nc(C#CCCOC(C)=O)c3c(=O)[nH]cnc32)C[C@@H]1O)(c1ccccc1)c1ccccc1OC. The van der Waals surface area contributed by atoms with Gasteiger partial charge in [-0.15, -0.1) is 0 Å². The second kappa shape index (κ2) is 14.7. The van der Waals surface area contributed by atoms with Crippen LogP contribution in [0.15, 0.2) is 90.0 Å². The number of fused-ring (bicyclic) bond motifs is 1. The molecule has 3 heterocycles.